The van der Waals surface area contributed by atoms with Gasteiger partial charge in [-0.25, -0.2) is 0 Å². The van der Waals surface area contributed by atoms with Crippen LogP contribution in [-0.2, 0) is 33.2 Å². The van der Waals surface area contributed by atoms with Gasteiger partial charge in [0.25, 0.3) is 0 Å². The van der Waals surface area contributed by atoms with Crippen LogP contribution in [0.4, 0.5) is 0 Å². The van der Waals surface area contributed by atoms with Gasteiger partial charge in [0, 0.05) is 5.92 Å². The number of ether oxygens (including phenoxy) is 6. The fourth-order valence-electron chi connectivity index (χ4n) is 9.74. The standard InChI is InChI=1S/C50H94O16/c1-4-6-8-10-12-14-16-18-20-22-24-26-28-35(29-27-25-23-21-19-17-15-13-11-9-7-5-2)33-61-48-45(60)47(66-49-42(57)36(30-39(53)54)41(56)37(31-51)63-49)46(38(32-52)64-48)65-50-44(59)43(58)40(55)34(3)62-50/h34-38,40-52,55-60H,4-33H2,1-3H3,(H,53,54)/t34?,36?,37?,38?,40-,41-,42-,43?,44?,45-,46+,47?,48-,49+,50-/m1/s1. The summed E-state index contributed by atoms with van der Waals surface area (Å²) in [5, 5.41) is 96.0. The van der Waals surface area contributed by atoms with E-state index in [0.717, 1.165) is 38.5 Å². The Kier molecular flexibility index (Phi) is 30.7. The molecule has 66 heavy (non-hydrogen) atoms. The molecule has 3 heterocycles. The zero-order valence-corrected chi connectivity index (χ0v) is 40.8. The first-order chi connectivity index (χ1) is 31.9. The predicted molar refractivity (Wildman–Crippen MR) is 248 cm³/mol. The highest BCUT2D eigenvalue weighted by atomic mass is 16.8. The van der Waals surface area contributed by atoms with Crippen molar-refractivity contribution in [3.05, 3.63) is 0 Å². The first kappa shape index (κ1) is 59.2. The first-order valence-corrected chi connectivity index (χ1v) is 26.3. The Bertz CT molecular complexity index is 1190. The molecule has 16 nitrogen and oxygen atoms in total. The minimum atomic E-state index is -1.77. The van der Waals surface area contributed by atoms with E-state index < -0.39 is 118 Å². The zero-order chi connectivity index (χ0) is 48.3. The van der Waals surface area contributed by atoms with Gasteiger partial charge in [-0.05, 0) is 25.7 Å². The van der Waals surface area contributed by atoms with Crippen molar-refractivity contribution in [3.63, 3.8) is 0 Å². The van der Waals surface area contributed by atoms with Gasteiger partial charge in [-0.15, -0.1) is 0 Å². The van der Waals surface area contributed by atoms with E-state index in [-0.39, 0.29) is 12.5 Å². The molecule has 3 fully saturated rings. The lowest BCUT2D eigenvalue weighted by Crippen LogP contribution is -2.66. The monoisotopic (exact) mass is 951 g/mol. The van der Waals surface area contributed by atoms with Crippen LogP contribution in [0, 0.1) is 11.8 Å². The van der Waals surface area contributed by atoms with Gasteiger partial charge < -0.3 is 74.4 Å². The van der Waals surface area contributed by atoms with Gasteiger partial charge in [0.15, 0.2) is 18.9 Å². The molecule has 16 heteroatoms. The fourth-order valence-corrected chi connectivity index (χ4v) is 9.74. The quantitative estimate of drug-likeness (QED) is 0.0324. The van der Waals surface area contributed by atoms with Crippen LogP contribution in [0.15, 0.2) is 0 Å². The Hall–Kier alpha value is -1.09. The van der Waals surface area contributed by atoms with Crippen LogP contribution in [0.2, 0.25) is 0 Å². The normalized spacial score (nSPS) is 32.9. The van der Waals surface area contributed by atoms with Gasteiger partial charge in [-0.2, -0.15) is 0 Å². The number of carbonyl (C=O) groups is 1. The van der Waals surface area contributed by atoms with Crippen LogP contribution in [0.3, 0.4) is 0 Å². The Morgan fingerprint density at radius 2 is 0.909 bits per heavy atom. The number of aliphatic carboxylic acids is 1. The smallest absolute Gasteiger partial charge is 0.303 e. The molecule has 390 valence electrons. The molecule has 0 aromatic heterocycles. The SMILES string of the molecule is CCCCCCCCCCCCCCC(CCCCCCCCCCCCCC)CO[C@@H]1OC(CO)[C@H](O[C@H]2OC(C)[C@@H](O)C(O)C2O)C(O[C@@H]2OC(CO)[C@H](O)C(CC(=O)O)[C@H]2O)[C@H]1O. The molecule has 0 aromatic carbocycles. The molecule has 0 saturated carbocycles. The minimum absolute atomic E-state index is 0.153. The topological polar surface area (TPSA) is 255 Å². The summed E-state index contributed by atoms with van der Waals surface area (Å²) >= 11 is 0. The minimum Gasteiger partial charge on any atom is -0.481 e. The van der Waals surface area contributed by atoms with Gasteiger partial charge in [-0.3, -0.25) is 4.79 Å². The fraction of sp³-hybridized carbons (Fsp3) is 0.980. The molecule has 3 aliphatic rings. The van der Waals surface area contributed by atoms with Gasteiger partial charge in [0.1, 0.15) is 54.9 Å². The van der Waals surface area contributed by atoms with E-state index in [2.05, 4.69) is 13.8 Å². The summed E-state index contributed by atoms with van der Waals surface area (Å²) in [7, 11) is 0. The molecule has 9 N–H and O–H groups in total. The third kappa shape index (κ3) is 20.7. The van der Waals surface area contributed by atoms with Crippen LogP contribution in [0.5, 0.6) is 0 Å². The first-order valence-electron chi connectivity index (χ1n) is 26.3. The number of unbranched alkanes of at least 4 members (excludes halogenated alkanes) is 22. The average molecular weight is 951 g/mol. The van der Waals surface area contributed by atoms with Crippen molar-refractivity contribution in [2.75, 3.05) is 19.8 Å². The number of carboxylic acids is 1. The summed E-state index contributed by atoms with van der Waals surface area (Å²) in [6.07, 6.45) is 9.85. The number of hydrogen-bond acceptors (Lipinski definition) is 15. The van der Waals surface area contributed by atoms with E-state index in [1.807, 2.05) is 0 Å². The van der Waals surface area contributed by atoms with E-state index in [1.165, 1.54) is 135 Å². The van der Waals surface area contributed by atoms with E-state index in [9.17, 15) is 50.8 Å². The number of rotatable bonds is 37. The molecule has 0 radical (unpaired) electrons. The summed E-state index contributed by atoms with van der Waals surface area (Å²) in [6, 6.07) is 0. The van der Waals surface area contributed by atoms with Crippen molar-refractivity contribution >= 4 is 5.97 Å². The van der Waals surface area contributed by atoms with Crippen molar-refractivity contribution in [1.29, 1.82) is 0 Å². The summed E-state index contributed by atoms with van der Waals surface area (Å²) < 4.78 is 36.2. The maximum Gasteiger partial charge on any atom is 0.303 e. The maximum absolute atomic E-state index is 12.0. The Balaban J connectivity index is 1.70. The van der Waals surface area contributed by atoms with Crippen molar-refractivity contribution in [1.82, 2.24) is 0 Å². The number of carboxylic acid groups (broad SMARTS) is 1. The second-order valence-electron chi connectivity index (χ2n) is 19.6. The Morgan fingerprint density at radius 3 is 1.36 bits per heavy atom. The molecule has 7 unspecified atom stereocenters. The molecule has 0 aliphatic carbocycles. The highest BCUT2D eigenvalue weighted by Gasteiger charge is 2.54. The van der Waals surface area contributed by atoms with Crippen molar-refractivity contribution in [2.24, 2.45) is 11.8 Å². The summed E-state index contributed by atoms with van der Waals surface area (Å²) in [5.74, 6) is -2.51. The highest BCUT2D eigenvalue weighted by Crippen LogP contribution is 2.36. The van der Waals surface area contributed by atoms with Gasteiger partial charge in [0.2, 0.25) is 0 Å². The van der Waals surface area contributed by atoms with Crippen LogP contribution in [0.25, 0.3) is 0 Å². The van der Waals surface area contributed by atoms with Crippen molar-refractivity contribution < 1.29 is 79.2 Å². The second-order valence-corrected chi connectivity index (χ2v) is 19.6. The summed E-state index contributed by atoms with van der Waals surface area (Å²) in [5.41, 5.74) is 0. The predicted octanol–water partition coefficient (Wildman–Crippen LogP) is 6.01. The van der Waals surface area contributed by atoms with Crippen LogP contribution < -0.4 is 0 Å². The molecule has 3 saturated heterocycles. The third-order valence-corrected chi connectivity index (χ3v) is 14.0. The second kappa shape index (κ2) is 34.3. The van der Waals surface area contributed by atoms with Crippen LogP contribution in [-0.4, -0.2) is 158 Å². The summed E-state index contributed by atoms with van der Waals surface area (Å²) in [6.45, 7) is 4.74. The van der Waals surface area contributed by atoms with Gasteiger partial charge in [0.05, 0.1) is 38.4 Å². The third-order valence-electron chi connectivity index (χ3n) is 14.0. The van der Waals surface area contributed by atoms with Crippen LogP contribution in [0.1, 0.15) is 194 Å². The summed E-state index contributed by atoms with van der Waals surface area (Å²) in [4.78, 5) is 11.7. The van der Waals surface area contributed by atoms with Gasteiger partial charge in [-0.1, -0.05) is 168 Å². The molecular weight excluding hydrogens is 857 g/mol. The molecule has 0 spiro atoms. The molecular formula is C50H94O16. The van der Waals surface area contributed by atoms with Crippen molar-refractivity contribution in [2.45, 2.75) is 280 Å². The highest BCUT2D eigenvalue weighted by molar-refractivity contribution is 5.67. The molecule has 3 aliphatic heterocycles. The van der Waals surface area contributed by atoms with E-state index in [0.29, 0.717) is 0 Å². The Labute approximate surface area is 396 Å². The Morgan fingerprint density at radius 1 is 0.485 bits per heavy atom. The van der Waals surface area contributed by atoms with E-state index in [4.69, 9.17) is 28.4 Å². The number of aliphatic hydroxyl groups excluding tert-OH is 8. The largest absolute Gasteiger partial charge is 0.481 e. The lowest BCUT2D eigenvalue weighted by atomic mass is 9.86. The lowest BCUT2D eigenvalue weighted by Gasteiger charge is -2.49. The molecule has 15 atom stereocenters. The average Bonchev–Trinajstić information content (AvgIpc) is 3.30. The zero-order valence-electron chi connectivity index (χ0n) is 40.8. The van der Waals surface area contributed by atoms with Gasteiger partial charge >= 0.3 is 5.97 Å². The van der Waals surface area contributed by atoms with E-state index >= 15 is 0 Å². The van der Waals surface area contributed by atoms with Crippen molar-refractivity contribution in [3.8, 4) is 0 Å². The lowest BCUT2D eigenvalue weighted by molar-refractivity contribution is -0.384. The number of hydrogen-bond donors (Lipinski definition) is 9. The number of aliphatic hydroxyl groups is 8. The molecule has 0 bridgehead atoms. The molecule has 3 rings (SSSR count). The molecule has 0 amide bonds. The van der Waals surface area contributed by atoms with E-state index in [1.54, 1.807) is 0 Å². The van der Waals surface area contributed by atoms with Crippen LogP contribution >= 0.6 is 0 Å². The molecule has 0 aromatic rings. The maximum atomic E-state index is 12.0.